The van der Waals surface area contributed by atoms with Crippen molar-refractivity contribution >= 4 is 80.9 Å². The zero-order chi connectivity index (χ0) is 33.7. The van der Waals surface area contributed by atoms with E-state index in [0.717, 1.165) is 33.1 Å². The molecule has 0 aliphatic rings. The van der Waals surface area contributed by atoms with Crippen LogP contribution in [0.4, 0.5) is 17.1 Å². The molecule has 2 nitrogen and oxygen atoms in total. The minimum absolute atomic E-state index is 1.04. The smallest absolute Gasteiger partial charge is 0.124 e. The van der Waals surface area contributed by atoms with E-state index in [-0.39, 0.29) is 0 Å². The first kappa shape index (κ1) is 29.8. The topological polar surface area (TPSA) is 16.1 Å². The van der Waals surface area contributed by atoms with Crippen molar-refractivity contribution in [1.29, 1.82) is 0 Å². The predicted molar refractivity (Wildman–Crippen MR) is 221 cm³/mol. The molecule has 0 saturated heterocycles. The summed E-state index contributed by atoms with van der Waals surface area (Å²) in [5.74, 6) is 0. The maximum Gasteiger partial charge on any atom is 0.124 e. The molecule has 10 rings (SSSR count). The molecule has 4 heteroatoms. The van der Waals surface area contributed by atoms with Crippen molar-refractivity contribution in [2.24, 2.45) is 0 Å². The maximum absolute atomic E-state index is 5.12. The fourth-order valence-electron chi connectivity index (χ4n) is 7.25. The van der Waals surface area contributed by atoms with Gasteiger partial charge in [-0.05, 0) is 81.6 Å². The summed E-state index contributed by atoms with van der Waals surface area (Å²) in [6.45, 7) is 0. The van der Waals surface area contributed by atoms with Gasteiger partial charge in [0.05, 0.1) is 15.9 Å². The third-order valence-electron chi connectivity index (χ3n) is 9.70. The maximum atomic E-state index is 5.12. The van der Waals surface area contributed by atoms with Crippen molar-refractivity contribution in [2.45, 2.75) is 0 Å². The number of hydrogen-bond donors (Lipinski definition) is 0. The van der Waals surface area contributed by atoms with E-state index in [1.165, 1.54) is 57.9 Å². The minimum Gasteiger partial charge on any atom is -0.310 e. The Morgan fingerprint density at radius 1 is 0.412 bits per heavy atom. The third kappa shape index (κ3) is 5.28. The molecule has 0 bridgehead atoms. The minimum atomic E-state index is 1.04. The molecule has 0 fully saturated rings. The van der Waals surface area contributed by atoms with Crippen molar-refractivity contribution in [1.82, 2.24) is 4.98 Å². The highest BCUT2D eigenvalue weighted by Gasteiger charge is 2.20. The van der Waals surface area contributed by atoms with Gasteiger partial charge in [0.1, 0.15) is 5.01 Å². The summed E-state index contributed by atoms with van der Waals surface area (Å²) in [7, 11) is 0. The van der Waals surface area contributed by atoms with Crippen molar-refractivity contribution in [3.8, 4) is 32.8 Å². The van der Waals surface area contributed by atoms with Crippen LogP contribution in [-0.2, 0) is 0 Å². The van der Waals surface area contributed by atoms with Crippen LogP contribution >= 0.6 is 22.7 Å². The Labute approximate surface area is 304 Å². The van der Waals surface area contributed by atoms with Gasteiger partial charge >= 0.3 is 0 Å². The number of nitrogens with zero attached hydrogens (tertiary/aromatic N) is 2. The van der Waals surface area contributed by atoms with Gasteiger partial charge in [-0.15, -0.1) is 22.7 Å². The summed E-state index contributed by atoms with van der Waals surface area (Å²) in [5.41, 5.74) is 10.4. The summed E-state index contributed by atoms with van der Waals surface area (Å²) < 4.78 is 3.76. The van der Waals surface area contributed by atoms with Gasteiger partial charge < -0.3 is 4.90 Å². The highest BCUT2D eigenvalue weighted by atomic mass is 32.1. The lowest BCUT2D eigenvalue weighted by atomic mass is 9.98. The van der Waals surface area contributed by atoms with Gasteiger partial charge in [-0.25, -0.2) is 4.98 Å². The second-order valence-electron chi connectivity index (χ2n) is 12.8. The fraction of sp³-hybridized carbons (Fsp3) is 0. The molecule has 10 aromatic rings. The zero-order valence-corrected chi connectivity index (χ0v) is 29.2. The second-order valence-corrected chi connectivity index (χ2v) is 14.9. The van der Waals surface area contributed by atoms with E-state index in [1.54, 1.807) is 11.3 Å². The van der Waals surface area contributed by atoms with E-state index >= 15 is 0 Å². The summed E-state index contributed by atoms with van der Waals surface area (Å²) >= 11 is 3.62. The number of thiazole rings is 1. The molecule has 240 valence electrons. The van der Waals surface area contributed by atoms with Gasteiger partial charge in [0.15, 0.2) is 0 Å². The summed E-state index contributed by atoms with van der Waals surface area (Å²) in [6.07, 6.45) is 0. The summed E-state index contributed by atoms with van der Waals surface area (Å²) in [5, 5.41) is 6.05. The Morgan fingerprint density at radius 2 is 1.04 bits per heavy atom. The Morgan fingerprint density at radius 3 is 1.80 bits per heavy atom. The molecule has 2 heterocycles. The standard InChI is InChI=1S/C47H30N2S2/c1-3-11-31(12-4-1)32-21-25-36(26-22-32)49(37-27-23-34(24-28-37)39-18-9-16-33-13-7-8-17-38(33)39)42-19-10-20-43-46(42)40-29-41-45(30-44(40)50-43)51-47(48-41)35-14-5-2-6-15-35/h1-30H. The van der Waals surface area contributed by atoms with Gasteiger partial charge in [0.2, 0.25) is 0 Å². The molecular formula is C47H30N2S2. The lowest BCUT2D eigenvalue weighted by molar-refractivity contribution is 1.30. The molecule has 0 aliphatic heterocycles. The fourth-order valence-corrected chi connectivity index (χ4v) is 9.46. The van der Waals surface area contributed by atoms with Gasteiger partial charge in [-0.3, -0.25) is 0 Å². The van der Waals surface area contributed by atoms with E-state index in [0.29, 0.717) is 0 Å². The molecule has 0 saturated carbocycles. The second kappa shape index (κ2) is 12.4. The molecular weight excluding hydrogens is 657 g/mol. The molecule has 0 radical (unpaired) electrons. The highest BCUT2D eigenvalue weighted by molar-refractivity contribution is 7.26. The Hall–Kier alpha value is -6.07. The molecule has 0 aliphatic carbocycles. The third-order valence-corrected chi connectivity index (χ3v) is 11.9. The number of benzene rings is 8. The largest absolute Gasteiger partial charge is 0.310 e. The van der Waals surface area contributed by atoms with Crippen LogP contribution in [-0.4, -0.2) is 4.98 Å². The van der Waals surface area contributed by atoms with Crippen molar-refractivity contribution in [2.75, 3.05) is 4.90 Å². The van der Waals surface area contributed by atoms with E-state index < -0.39 is 0 Å². The van der Waals surface area contributed by atoms with Gasteiger partial charge in [0.25, 0.3) is 0 Å². The number of aromatic nitrogens is 1. The van der Waals surface area contributed by atoms with Crippen LogP contribution in [0.3, 0.4) is 0 Å². The van der Waals surface area contributed by atoms with Gasteiger partial charge in [-0.1, -0.05) is 133 Å². The summed E-state index contributed by atoms with van der Waals surface area (Å²) in [4.78, 5) is 7.53. The van der Waals surface area contributed by atoms with Crippen LogP contribution in [0.1, 0.15) is 0 Å². The number of thiophene rings is 1. The molecule has 0 N–H and O–H groups in total. The predicted octanol–water partition coefficient (Wildman–Crippen LogP) is 14.3. The van der Waals surface area contributed by atoms with Crippen molar-refractivity contribution < 1.29 is 0 Å². The van der Waals surface area contributed by atoms with E-state index in [1.807, 2.05) is 11.3 Å². The number of anilines is 3. The lowest BCUT2D eigenvalue weighted by Crippen LogP contribution is -2.10. The van der Waals surface area contributed by atoms with Gasteiger partial charge in [0, 0.05) is 37.1 Å². The normalized spacial score (nSPS) is 11.5. The van der Waals surface area contributed by atoms with Crippen LogP contribution in [0.25, 0.3) is 74.0 Å². The van der Waals surface area contributed by atoms with Crippen LogP contribution < -0.4 is 4.90 Å². The summed E-state index contributed by atoms with van der Waals surface area (Å²) in [6, 6.07) is 65.6. The molecule has 0 atom stereocenters. The quantitative estimate of drug-likeness (QED) is 0.173. The van der Waals surface area contributed by atoms with Gasteiger partial charge in [-0.2, -0.15) is 0 Å². The highest BCUT2D eigenvalue weighted by Crippen LogP contribution is 2.47. The SMILES string of the molecule is c1ccc(-c2ccc(N(c3ccc(-c4cccc5ccccc45)cc3)c3cccc4sc5cc6sc(-c7ccccc7)nc6cc5c34)cc2)cc1. The Balaban J connectivity index is 1.14. The lowest BCUT2D eigenvalue weighted by Gasteiger charge is -2.27. The average molecular weight is 687 g/mol. The Kier molecular flexibility index (Phi) is 7.23. The molecule has 0 amide bonds. The monoisotopic (exact) mass is 686 g/mol. The number of hydrogen-bond acceptors (Lipinski definition) is 4. The van der Waals surface area contributed by atoms with Crippen LogP contribution in [0, 0.1) is 0 Å². The van der Waals surface area contributed by atoms with E-state index in [9.17, 15) is 0 Å². The molecule has 8 aromatic carbocycles. The molecule has 0 unspecified atom stereocenters. The van der Waals surface area contributed by atoms with Crippen LogP contribution in [0.2, 0.25) is 0 Å². The molecule has 51 heavy (non-hydrogen) atoms. The molecule has 0 spiro atoms. The number of rotatable bonds is 6. The van der Waals surface area contributed by atoms with Crippen LogP contribution in [0.5, 0.6) is 0 Å². The van der Waals surface area contributed by atoms with Crippen molar-refractivity contribution in [3.63, 3.8) is 0 Å². The Bertz CT molecular complexity index is 2830. The molecule has 2 aromatic heterocycles. The first-order chi connectivity index (χ1) is 25.3. The van der Waals surface area contributed by atoms with Crippen molar-refractivity contribution in [3.05, 3.63) is 182 Å². The zero-order valence-electron chi connectivity index (χ0n) is 27.5. The first-order valence-electron chi connectivity index (χ1n) is 17.1. The average Bonchev–Trinajstić information content (AvgIpc) is 3.79. The van der Waals surface area contributed by atoms with E-state index in [4.69, 9.17) is 4.98 Å². The first-order valence-corrected chi connectivity index (χ1v) is 18.8. The van der Waals surface area contributed by atoms with Crippen LogP contribution in [0.15, 0.2) is 182 Å². The number of fused-ring (bicyclic) bond motifs is 5. The van der Waals surface area contributed by atoms with E-state index in [2.05, 4.69) is 187 Å².